The van der Waals surface area contributed by atoms with Crippen LogP contribution in [0.1, 0.15) is 23.2 Å². The number of piperidine rings is 1. The van der Waals surface area contributed by atoms with Gasteiger partial charge < -0.3 is 10.0 Å². The summed E-state index contributed by atoms with van der Waals surface area (Å²) >= 11 is 0. The summed E-state index contributed by atoms with van der Waals surface area (Å²) in [7, 11) is 0. The molecule has 1 atom stereocenters. The fourth-order valence-corrected chi connectivity index (χ4v) is 2.40. The zero-order valence-electron chi connectivity index (χ0n) is 10.5. The van der Waals surface area contributed by atoms with E-state index in [0.29, 0.717) is 13.1 Å². The van der Waals surface area contributed by atoms with Crippen molar-refractivity contribution in [2.45, 2.75) is 18.9 Å². The van der Waals surface area contributed by atoms with E-state index in [1.54, 1.807) is 6.08 Å². The largest absolute Gasteiger partial charge is 0.389 e. The standard InChI is InChI=1S/C15H19NO2/c1-2-14(17)12-8-10-16(11-9-12)15(18)13-6-4-3-5-7-13/h2-7,12,14,17H,1,8-11H2. The molecule has 1 amide bonds. The highest BCUT2D eigenvalue weighted by Gasteiger charge is 2.26. The molecule has 1 saturated heterocycles. The third-order valence-electron chi connectivity index (χ3n) is 3.57. The number of nitrogens with zero attached hydrogens (tertiary/aromatic N) is 1. The van der Waals surface area contributed by atoms with Gasteiger partial charge in [-0.2, -0.15) is 0 Å². The molecule has 1 aromatic carbocycles. The second kappa shape index (κ2) is 5.83. The Kier molecular flexibility index (Phi) is 4.15. The molecule has 18 heavy (non-hydrogen) atoms. The fourth-order valence-electron chi connectivity index (χ4n) is 2.40. The van der Waals surface area contributed by atoms with Crippen molar-refractivity contribution in [1.29, 1.82) is 0 Å². The average molecular weight is 245 g/mol. The first kappa shape index (κ1) is 12.8. The molecule has 1 aromatic rings. The smallest absolute Gasteiger partial charge is 0.253 e. The minimum Gasteiger partial charge on any atom is -0.389 e. The van der Waals surface area contributed by atoms with Gasteiger partial charge in [0, 0.05) is 18.7 Å². The molecule has 3 heteroatoms. The minimum absolute atomic E-state index is 0.0853. The van der Waals surface area contributed by atoms with Crippen LogP contribution >= 0.6 is 0 Å². The van der Waals surface area contributed by atoms with Gasteiger partial charge in [0.25, 0.3) is 5.91 Å². The molecule has 1 unspecified atom stereocenters. The monoisotopic (exact) mass is 245 g/mol. The maximum absolute atomic E-state index is 12.2. The van der Waals surface area contributed by atoms with E-state index in [2.05, 4.69) is 6.58 Å². The number of aliphatic hydroxyl groups is 1. The summed E-state index contributed by atoms with van der Waals surface area (Å²) in [5, 5.41) is 9.70. The molecular weight excluding hydrogens is 226 g/mol. The van der Waals surface area contributed by atoms with Gasteiger partial charge in [0.1, 0.15) is 0 Å². The van der Waals surface area contributed by atoms with Crippen LogP contribution in [0.5, 0.6) is 0 Å². The maximum atomic E-state index is 12.2. The summed E-state index contributed by atoms with van der Waals surface area (Å²) < 4.78 is 0. The van der Waals surface area contributed by atoms with Crippen LogP contribution in [-0.2, 0) is 0 Å². The van der Waals surface area contributed by atoms with Crippen molar-refractivity contribution in [3.63, 3.8) is 0 Å². The normalized spacial score (nSPS) is 18.4. The van der Waals surface area contributed by atoms with E-state index in [-0.39, 0.29) is 11.8 Å². The third-order valence-corrected chi connectivity index (χ3v) is 3.57. The molecule has 1 N–H and O–H groups in total. The van der Waals surface area contributed by atoms with E-state index in [1.165, 1.54) is 0 Å². The summed E-state index contributed by atoms with van der Waals surface area (Å²) in [4.78, 5) is 14.1. The van der Waals surface area contributed by atoms with Crippen molar-refractivity contribution in [1.82, 2.24) is 4.90 Å². The Bertz CT molecular complexity index is 408. The molecule has 2 rings (SSSR count). The average Bonchev–Trinajstić information content (AvgIpc) is 2.47. The van der Waals surface area contributed by atoms with E-state index in [1.807, 2.05) is 35.2 Å². The molecular formula is C15H19NO2. The first-order chi connectivity index (χ1) is 8.72. The van der Waals surface area contributed by atoms with Gasteiger partial charge in [-0.05, 0) is 30.9 Å². The number of hydrogen-bond acceptors (Lipinski definition) is 2. The Morgan fingerprint density at radius 3 is 2.50 bits per heavy atom. The summed E-state index contributed by atoms with van der Waals surface area (Å²) in [5.74, 6) is 0.324. The van der Waals surface area contributed by atoms with Crippen LogP contribution in [0.2, 0.25) is 0 Å². The van der Waals surface area contributed by atoms with E-state index >= 15 is 0 Å². The predicted molar refractivity (Wildman–Crippen MR) is 71.3 cm³/mol. The second-order valence-electron chi connectivity index (χ2n) is 4.72. The number of hydrogen-bond donors (Lipinski definition) is 1. The molecule has 1 aliphatic heterocycles. The molecule has 0 bridgehead atoms. The Morgan fingerprint density at radius 2 is 1.94 bits per heavy atom. The van der Waals surface area contributed by atoms with Crippen LogP contribution in [0.25, 0.3) is 0 Å². The van der Waals surface area contributed by atoms with E-state index in [0.717, 1.165) is 18.4 Å². The van der Waals surface area contributed by atoms with Gasteiger partial charge in [-0.1, -0.05) is 24.3 Å². The number of aliphatic hydroxyl groups excluding tert-OH is 1. The number of carbonyl (C=O) groups is 1. The van der Waals surface area contributed by atoms with Gasteiger partial charge in [-0.25, -0.2) is 0 Å². The number of likely N-dealkylation sites (tertiary alicyclic amines) is 1. The topological polar surface area (TPSA) is 40.5 Å². The van der Waals surface area contributed by atoms with Crippen LogP contribution in [0.3, 0.4) is 0 Å². The quantitative estimate of drug-likeness (QED) is 0.828. The lowest BCUT2D eigenvalue weighted by Crippen LogP contribution is -2.40. The highest BCUT2D eigenvalue weighted by Crippen LogP contribution is 2.22. The van der Waals surface area contributed by atoms with Crippen LogP contribution in [0, 0.1) is 5.92 Å². The van der Waals surface area contributed by atoms with Crippen molar-refractivity contribution < 1.29 is 9.90 Å². The van der Waals surface area contributed by atoms with Crippen LogP contribution in [0.4, 0.5) is 0 Å². The second-order valence-corrected chi connectivity index (χ2v) is 4.72. The Hall–Kier alpha value is -1.61. The van der Waals surface area contributed by atoms with Crippen LogP contribution in [0.15, 0.2) is 43.0 Å². The lowest BCUT2D eigenvalue weighted by molar-refractivity contribution is 0.0579. The van der Waals surface area contributed by atoms with Gasteiger partial charge in [0.2, 0.25) is 0 Å². The zero-order chi connectivity index (χ0) is 13.0. The Balaban J connectivity index is 1.94. The van der Waals surface area contributed by atoms with E-state index < -0.39 is 6.10 Å². The SMILES string of the molecule is C=CC(O)C1CCN(C(=O)c2ccccc2)CC1. The molecule has 0 radical (unpaired) electrons. The third kappa shape index (κ3) is 2.79. The molecule has 0 spiro atoms. The molecule has 3 nitrogen and oxygen atoms in total. The van der Waals surface area contributed by atoms with E-state index in [9.17, 15) is 9.90 Å². The van der Waals surface area contributed by atoms with Gasteiger partial charge in [-0.15, -0.1) is 6.58 Å². The molecule has 0 aromatic heterocycles. The Morgan fingerprint density at radius 1 is 1.33 bits per heavy atom. The number of benzene rings is 1. The molecule has 1 aliphatic rings. The van der Waals surface area contributed by atoms with Crippen molar-refractivity contribution in [3.8, 4) is 0 Å². The lowest BCUT2D eigenvalue weighted by atomic mass is 9.91. The summed E-state index contributed by atoms with van der Waals surface area (Å²) in [6, 6.07) is 9.34. The molecule has 1 heterocycles. The van der Waals surface area contributed by atoms with Crippen molar-refractivity contribution in [2.24, 2.45) is 5.92 Å². The number of rotatable bonds is 3. The first-order valence-electron chi connectivity index (χ1n) is 6.37. The van der Waals surface area contributed by atoms with Gasteiger partial charge in [0.15, 0.2) is 0 Å². The number of amides is 1. The number of carbonyl (C=O) groups excluding carboxylic acids is 1. The molecule has 0 saturated carbocycles. The van der Waals surface area contributed by atoms with Gasteiger partial charge >= 0.3 is 0 Å². The van der Waals surface area contributed by atoms with Crippen LogP contribution in [-0.4, -0.2) is 35.1 Å². The fraction of sp³-hybridized carbons (Fsp3) is 0.400. The summed E-state index contributed by atoms with van der Waals surface area (Å²) in [5.41, 5.74) is 0.736. The maximum Gasteiger partial charge on any atom is 0.253 e. The summed E-state index contributed by atoms with van der Waals surface area (Å²) in [6.07, 6.45) is 2.82. The lowest BCUT2D eigenvalue weighted by Gasteiger charge is -2.33. The molecule has 1 fully saturated rings. The van der Waals surface area contributed by atoms with Crippen molar-refractivity contribution in [2.75, 3.05) is 13.1 Å². The van der Waals surface area contributed by atoms with Gasteiger partial charge in [-0.3, -0.25) is 4.79 Å². The van der Waals surface area contributed by atoms with E-state index in [4.69, 9.17) is 0 Å². The van der Waals surface area contributed by atoms with Crippen LogP contribution < -0.4 is 0 Å². The highest BCUT2D eigenvalue weighted by molar-refractivity contribution is 5.94. The first-order valence-corrected chi connectivity index (χ1v) is 6.37. The minimum atomic E-state index is -0.445. The highest BCUT2D eigenvalue weighted by atomic mass is 16.3. The van der Waals surface area contributed by atoms with Gasteiger partial charge in [0.05, 0.1) is 6.10 Å². The molecule has 0 aliphatic carbocycles. The Labute approximate surface area is 108 Å². The molecule has 96 valence electrons. The van der Waals surface area contributed by atoms with Crippen molar-refractivity contribution >= 4 is 5.91 Å². The predicted octanol–water partition coefficient (Wildman–Crippen LogP) is 2.09. The zero-order valence-corrected chi connectivity index (χ0v) is 10.5. The van der Waals surface area contributed by atoms with Crippen molar-refractivity contribution in [3.05, 3.63) is 48.6 Å². The summed E-state index contributed by atoms with van der Waals surface area (Å²) in [6.45, 7) is 5.03.